The Bertz CT molecular complexity index is 466. The van der Waals surface area contributed by atoms with Crippen molar-refractivity contribution in [3.63, 3.8) is 0 Å². The first kappa shape index (κ1) is 13.1. The summed E-state index contributed by atoms with van der Waals surface area (Å²) in [5, 5.41) is 0. The Kier molecular flexibility index (Phi) is 3.71. The maximum absolute atomic E-state index is 11.7. The lowest BCUT2D eigenvalue weighted by Gasteiger charge is -2.21. The predicted molar refractivity (Wildman–Crippen MR) is 73.3 cm³/mol. The number of nitrogens with one attached hydrogen (secondary N) is 1. The molecule has 1 aliphatic rings. The van der Waals surface area contributed by atoms with E-state index in [1.54, 1.807) is 6.07 Å². The highest BCUT2D eigenvalue weighted by molar-refractivity contribution is 5.39. The Morgan fingerprint density at radius 3 is 2.78 bits per heavy atom. The van der Waals surface area contributed by atoms with Gasteiger partial charge in [0.1, 0.15) is 11.6 Å². The molecule has 1 aliphatic heterocycles. The normalized spacial score (nSPS) is 20.1. The number of likely N-dealkylation sites (N-methyl/N-ethyl adjacent to an activating group) is 1. The van der Waals surface area contributed by atoms with Gasteiger partial charge in [-0.05, 0) is 20.5 Å². The number of hydrogen-bond donors (Lipinski definition) is 1. The Labute approximate surface area is 108 Å². The summed E-state index contributed by atoms with van der Waals surface area (Å²) in [5.41, 5.74) is -0.0583. The fourth-order valence-electron chi connectivity index (χ4n) is 2.27. The van der Waals surface area contributed by atoms with Crippen molar-refractivity contribution in [2.75, 3.05) is 32.1 Å². The maximum atomic E-state index is 11.7. The van der Waals surface area contributed by atoms with Crippen LogP contribution in [0.5, 0.6) is 0 Å². The summed E-state index contributed by atoms with van der Waals surface area (Å²) in [6, 6.07) is 2.15. The molecule has 1 unspecified atom stereocenters. The van der Waals surface area contributed by atoms with Crippen molar-refractivity contribution < 1.29 is 0 Å². The van der Waals surface area contributed by atoms with Gasteiger partial charge in [-0.25, -0.2) is 4.98 Å². The van der Waals surface area contributed by atoms with E-state index in [-0.39, 0.29) is 11.5 Å². The quantitative estimate of drug-likeness (QED) is 0.870. The van der Waals surface area contributed by atoms with Crippen LogP contribution in [0.15, 0.2) is 10.9 Å². The first-order chi connectivity index (χ1) is 8.47. The smallest absolute Gasteiger partial charge is 0.252 e. The van der Waals surface area contributed by atoms with Crippen molar-refractivity contribution in [1.82, 2.24) is 14.9 Å². The molecule has 0 spiro atoms. The van der Waals surface area contributed by atoms with Crippen LogP contribution in [0.25, 0.3) is 0 Å². The van der Waals surface area contributed by atoms with Crippen molar-refractivity contribution in [3.05, 3.63) is 22.2 Å². The third-order valence-electron chi connectivity index (χ3n) is 3.51. The fourth-order valence-corrected chi connectivity index (χ4v) is 2.27. The number of rotatable bonds is 3. The molecule has 18 heavy (non-hydrogen) atoms. The molecule has 2 heterocycles. The van der Waals surface area contributed by atoms with E-state index in [9.17, 15) is 4.79 Å². The molecule has 1 atom stereocenters. The zero-order valence-corrected chi connectivity index (χ0v) is 11.6. The largest absolute Gasteiger partial charge is 0.355 e. The Hall–Kier alpha value is -1.36. The molecule has 1 aromatic rings. The van der Waals surface area contributed by atoms with Gasteiger partial charge in [-0.2, -0.15) is 0 Å². The molecule has 1 N–H and O–H groups in total. The van der Waals surface area contributed by atoms with Crippen molar-refractivity contribution in [2.24, 2.45) is 0 Å². The SMILES string of the molecule is CC(C)c1nc(N2CCC(N(C)C)C2)cc(=O)[nH]1. The summed E-state index contributed by atoms with van der Waals surface area (Å²) in [4.78, 5) is 23.4. The molecule has 0 aromatic carbocycles. The summed E-state index contributed by atoms with van der Waals surface area (Å²) >= 11 is 0. The average Bonchev–Trinajstić information content (AvgIpc) is 2.77. The lowest BCUT2D eigenvalue weighted by Crippen LogP contribution is -2.32. The fraction of sp³-hybridized carbons (Fsp3) is 0.692. The maximum Gasteiger partial charge on any atom is 0.252 e. The van der Waals surface area contributed by atoms with Gasteiger partial charge in [-0.15, -0.1) is 0 Å². The van der Waals surface area contributed by atoms with Crippen LogP contribution in [0.1, 0.15) is 32.0 Å². The van der Waals surface area contributed by atoms with Crippen molar-refractivity contribution >= 4 is 5.82 Å². The van der Waals surface area contributed by atoms with Gasteiger partial charge in [0.25, 0.3) is 5.56 Å². The summed E-state index contributed by atoms with van der Waals surface area (Å²) in [7, 11) is 4.19. The van der Waals surface area contributed by atoms with Gasteiger partial charge in [0.05, 0.1) is 0 Å². The average molecular weight is 250 g/mol. The number of aromatic nitrogens is 2. The van der Waals surface area contributed by atoms with E-state index < -0.39 is 0 Å². The van der Waals surface area contributed by atoms with Crippen LogP contribution in [0, 0.1) is 0 Å². The first-order valence-corrected chi connectivity index (χ1v) is 6.50. The molecule has 0 radical (unpaired) electrons. The highest BCUT2D eigenvalue weighted by Crippen LogP contribution is 2.20. The van der Waals surface area contributed by atoms with Gasteiger partial charge in [-0.1, -0.05) is 13.8 Å². The minimum absolute atomic E-state index is 0.0583. The monoisotopic (exact) mass is 250 g/mol. The minimum atomic E-state index is -0.0583. The molecule has 0 aliphatic carbocycles. The van der Waals surface area contributed by atoms with Crippen molar-refractivity contribution in [1.29, 1.82) is 0 Å². The van der Waals surface area contributed by atoms with Crippen LogP contribution in [0.4, 0.5) is 5.82 Å². The van der Waals surface area contributed by atoms with Gasteiger partial charge < -0.3 is 14.8 Å². The molecule has 5 nitrogen and oxygen atoms in total. The number of hydrogen-bond acceptors (Lipinski definition) is 4. The molecule has 0 amide bonds. The molecular formula is C13H22N4O. The molecular weight excluding hydrogens is 228 g/mol. The van der Waals surface area contributed by atoms with Gasteiger partial charge in [0, 0.05) is 31.1 Å². The third kappa shape index (κ3) is 2.72. The number of anilines is 1. The van der Waals surface area contributed by atoms with Gasteiger partial charge in [-0.3, -0.25) is 4.79 Å². The molecule has 2 rings (SSSR count). The highest BCUT2D eigenvalue weighted by Gasteiger charge is 2.25. The van der Waals surface area contributed by atoms with E-state index in [4.69, 9.17) is 0 Å². The zero-order valence-electron chi connectivity index (χ0n) is 11.6. The van der Waals surface area contributed by atoms with Gasteiger partial charge in [0.2, 0.25) is 0 Å². The number of H-pyrrole nitrogens is 1. The topological polar surface area (TPSA) is 52.2 Å². The third-order valence-corrected chi connectivity index (χ3v) is 3.51. The number of aromatic amines is 1. The molecule has 0 bridgehead atoms. The van der Waals surface area contributed by atoms with Crippen LogP contribution in [-0.4, -0.2) is 48.1 Å². The predicted octanol–water partition coefficient (Wildman–Crippen LogP) is 1.03. The Balaban J connectivity index is 2.22. The van der Waals surface area contributed by atoms with Crippen LogP contribution >= 0.6 is 0 Å². The summed E-state index contributed by atoms with van der Waals surface area (Å²) in [5.74, 6) is 1.82. The lowest BCUT2D eigenvalue weighted by atomic mass is 10.2. The second-order valence-corrected chi connectivity index (χ2v) is 5.50. The summed E-state index contributed by atoms with van der Waals surface area (Å²) in [6.07, 6.45) is 1.12. The Morgan fingerprint density at radius 1 is 1.50 bits per heavy atom. The van der Waals surface area contributed by atoms with E-state index in [0.717, 1.165) is 31.2 Å². The molecule has 1 saturated heterocycles. The van der Waals surface area contributed by atoms with Crippen LogP contribution < -0.4 is 10.5 Å². The molecule has 100 valence electrons. The standard InChI is InChI=1S/C13H22N4O/c1-9(2)13-14-11(7-12(18)15-13)17-6-5-10(8-17)16(3)4/h7,9-10H,5-6,8H2,1-4H3,(H,14,15,18). The number of nitrogens with zero attached hydrogens (tertiary/aromatic N) is 3. The molecule has 0 saturated carbocycles. The highest BCUT2D eigenvalue weighted by atomic mass is 16.1. The van der Waals surface area contributed by atoms with E-state index in [1.807, 2.05) is 13.8 Å². The van der Waals surface area contributed by atoms with E-state index in [1.165, 1.54) is 0 Å². The minimum Gasteiger partial charge on any atom is -0.355 e. The lowest BCUT2D eigenvalue weighted by molar-refractivity contribution is 0.315. The Morgan fingerprint density at radius 2 is 2.22 bits per heavy atom. The van der Waals surface area contributed by atoms with Crippen LogP contribution in [0.3, 0.4) is 0 Å². The van der Waals surface area contributed by atoms with E-state index in [0.29, 0.717) is 6.04 Å². The molecule has 1 fully saturated rings. The van der Waals surface area contributed by atoms with Crippen molar-refractivity contribution in [2.45, 2.75) is 32.2 Å². The first-order valence-electron chi connectivity index (χ1n) is 6.50. The second kappa shape index (κ2) is 5.10. The van der Waals surface area contributed by atoms with E-state index in [2.05, 4.69) is 33.9 Å². The summed E-state index contributed by atoms with van der Waals surface area (Å²) in [6.45, 7) is 5.99. The molecule has 1 aromatic heterocycles. The van der Waals surface area contributed by atoms with Gasteiger partial charge in [0.15, 0.2) is 0 Å². The van der Waals surface area contributed by atoms with Gasteiger partial charge >= 0.3 is 0 Å². The second-order valence-electron chi connectivity index (χ2n) is 5.50. The zero-order chi connectivity index (χ0) is 13.3. The van der Waals surface area contributed by atoms with E-state index >= 15 is 0 Å². The van der Waals surface area contributed by atoms with Crippen LogP contribution in [0.2, 0.25) is 0 Å². The van der Waals surface area contributed by atoms with Crippen molar-refractivity contribution in [3.8, 4) is 0 Å². The van der Waals surface area contributed by atoms with Crippen LogP contribution in [-0.2, 0) is 0 Å². The molecule has 5 heteroatoms. The summed E-state index contributed by atoms with van der Waals surface area (Å²) < 4.78 is 0.